The number of hydrogen-bond donors (Lipinski definition) is 1. The third kappa shape index (κ3) is 5.93. The summed E-state index contributed by atoms with van der Waals surface area (Å²) in [5.74, 6) is -0.295. The lowest BCUT2D eigenvalue weighted by molar-refractivity contribution is -0.130. The van der Waals surface area contributed by atoms with Gasteiger partial charge in [-0.1, -0.05) is 11.6 Å². The Kier molecular flexibility index (Phi) is 6.80. The van der Waals surface area contributed by atoms with Crippen LogP contribution in [0.5, 0.6) is 11.5 Å². The highest BCUT2D eigenvalue weighted by atomic mass is 35.5. The number of rotatable bonds is 7. The van der Waals surface area contributed by atoms with Crippen molar-refractivity contribution in [1.29, 1.82) is 0 Å². The minimum Gasteiger partial charge on any atom is -0.484 e. The Morgan fingerprint density at radius 1 is 1.04 bits per heavy atom. The molecule has 0 bridgehead atoms. The standard InChI is InChI=1S/C18H18ClFN2O4/c1-22(2)18(24)11-26-13-5-3-12(4-6-13)21-17(23)10-25-14-7-8-16(20)15(19)9-14/h3-9H,10-11H2,1-2H3,(H,21,23). The van der Waals surface area contributed by atoms with E-state index >= 15 is 0 Å². The van der Waals surface area contributed by atoms with E-state index in [1.165, 1.54) is 17.0 Å². The van der Waals surface area contributed by atoms with Gasteiger partial charge in [0.15, 0.2) is 13.2 Å². The normalized spacial score (nSPS) is 10.2. The van der Waals surface area contributed by atoms with E-state index in [0.717, 1.165) is 6.07 Å². The highest BCUT2D eigenvalue weighted by Gasteiger charge is 2.07. The molecule has 0 spiro atoms. The first-order valence-corrected chi connectivity index (χ1v) is 8.03. The van der Waals surface area contributed by atoms with Crippen LogP contribution in [-0.4, -0.2) is 44.0 Å². The number of benzene rings is 2. The van der Waals surface area contributed by atoms with Crippen molar-refractivity contribution >= 4 is 29.1 Å². The van der Waals surface area contributed by atoms with E-state index in [-0.39, 0.29) is 30.1 Å². The second-order valence-corrected chi connectivity index (χ2v) is 5.92. The van der Waals surface area contributed by atoms with Gasteiger partial charge in [-0.3, -0.25) is 9.59 Å². The fourth-order valence-electron chi connectivity index (χ4n) is 1.82. The third-order valence-electron chi connectivity index (χ3n) is 3.26. The monoisotopic (exact) mass is 380 g/mol. The van der Waals surface area contributed by atoms with E-state index in [1.807, 2.05) is 0 Å². The van der Waals surface area contributed by atoms with Crippen LogP contribution in [0, 0.1) is 5.82 Å². The molecular weight excluding hydrogens is 363 g/mol. The van der Waals surface area contributed by atoms with Crippen LogP contribution in [0.2, 0.25) is 5.02 Å². The Hall–Kier alpha value is -2.80. The summed E-state index contributed by atoms with van der Waals surface area (Å²) >= 11 is 5.65. The van der Waals surface area contributed by atoms with Crippen LogP contribution in [0.4, 0.5) is 10.1 Å². The zero-order valence-electron chi connectivity index (χ0n) is 14.3. The lowest BCUT2D eigenvalue weighted by Gasteiger charge is -2.12. The van der Waals surface area contributed by atoms with E-state index < -0.39 is 5.82 Å². The first kappa shape index (κ1) is 19.5. The predicted octanol–water partition coefficient (Wildman–Crippen LogP) is 2.96. The number of halogens is 2. The number of likely N-dealkylation sites (N-methyl/N-ethyl adjacent to an activating group) is 1. The summed E-state index contributed by atoms with van der Waals surface area (Å²) in [6, 6.07) is 10.4. The van der Waals surface area contributed by atoms with Crippen molar-refractivity contribution in [3.05, 3.63) is 53.3 Å². The van der Waals surface area contributed by atoms with Gasteiger partial charge < -0.3 is 19.7 Å². The molecule has 6 nitrogen and oxygen atoms in total. The molecule has 0 saturated carbocycles. The quantitative estimate of drug-likeness (QED) is 0.802. The van der Waals surface area contributed by atoms with E-state index in [4.69, 9.17) is 21.1 Å². The van der Waals surface area contributed by atoms with Gasteiger partial charge in [0, 0.05) is 25.8 Å². The Bertz CT molecular complexity index is 781. The molecule has 138 valence electrons. The minimum atomic E-state index is -0.557. The van der Waals surface area contributed by atoms with Crippen LogP contribution in [0.25, 0.3) is 0 Å². The van der Waals surface area contributed by atoms with Gasteiger partial charge >= 0.3 is 0 Å². The second kappa shape index (κ2) is 9.05. The Morgan fingerprint density at radius 2 is 1.65 bits per heavy atom. The average Bonchev–Trinajstić information content (AvgIpc) is 2.61. The fourth-order valence-corrected chi connectivity index (χ4v) is 1.99. The summed E-state index contributed by atoms with van der Waals surface area (Å²) < 4.78 is 23.7. The summed E-state index contributed by atoms with van der Waals surface area (Å²) in [6.07, 6.45) is 0. The molecule has 0 heterocycles. The van der Waals surface area contributed by atoms with Crippen molar-refractivity contribution in [1.82, 2.24) is 4.90 Å². The van der Waals surface area contributed by atoms with Gasteiger partial charge in [0.05, 0.1) is 5.02 Å². The van der Waals surface area contributed by atoms with Gasteiger partial charge in [-0.15, -0.1) is 0 Å². The number of carbonyl (C=O) groups is 2. The molecule has 8 heteroatoms. The highest BCUT2D eigenvalue weighted by Crippen LogP contribution is 2.21. The molecule has 0 unspecified atom stereocenters. The van der Waals surface area contributed by atoms with E-state index in [9.17, 15) is 14.0 Å². The van der Waals surface area contributed by atoms with Crippen molar-refractivity contribution in [2.75, 3.05) is 32.6 Å². The predicted molar refractivity (Wildman–Crippen MR) is 96.2 cm³/mol. The summed E-state index contributed by atoms with van der Waals surface area (Å²) in [6.45, 7) is -0.315. The molecule has 0 aliphatic rings. The summed E-state index contributed by atoms with van der Waals surface area (Å²) in [4.78, 5) is 24.8. The first-order valence-electron chi connectivity index (χ1n) is 7.66. The van der Waals surface area contributed by atoms with Gasteiger partial charge in [-0.25, -0.2) is 4.39 Å². The molecule has 0 radical (unpaired) electrons. The lowest BCUT2D eigenvalue weighted by Crippen LogP contribution is -2.27. The SMILES string of the molecule is CN(C)C(=O)COc1ccc(NC(=O)COc2ccc(F)c(Cl)c2)cc1. The number of hydrogen-bond acceptors (Lipinski definition) is 4. The molecule has 0 saturated heterocycles. The van der Waals surface area contributed by atoms with Crippen molar-refractivity contribution < 1.29 is 23.5 Å². The highest BCUT2D eigenvalue weighted by molar-refractivity contribution is 6.30. The van der Waals surface area contributed by atoms with Gasteiger partial charge in [-0.05, 0) is 36.4 Å². The molecule has 0 fully saturated rings. The maximum Gasteiger partial charge on any atom is 0.262 e. The topological polar surface area (TPSA) is 67.9 Å². The number of amides is 2. The molecule has 2 aromatic carbocycles. The van der Waals surface area contributed by atoms with Gasteiger partial charge in [0.25, 0.3) is 11.8 Å². The number of carbonyl (C=O) groups excluding carboxylic acids is 2. The molecule has 0 aliphatic carbocycles. The van der Waals surface area contributed by atoms with Crippen molar-refractivity contribution in [3.63, 3.8) is 0 Å². The smallest absolute Gasteiger partial charge is 0.262 e. The van der Waals surface area contributed by atoms with Crippen LogP contribution in [0.1, 0.15) is 0 Å². The zero-order valence-corrected chi connectivity index (χ0v) is 15.0. The van der Waals surface area contributed by atoms with Crippen molar-refractivity contribution in [2.45, 2.75) is 0 Å². The summed E-state index contributed by atoms with van der Waals surface area (Å²) in [5.41, 5.74) is 0.544. The molecule has 2 aromatic rings. The van der Waals surface area contributed by atoms with E-state index in [0.29, 0.717) is 17.2 Å². The second-order valence-electron chi connectivity index (χ2n) is 5.51. The number of ether oxygens (including phenoxy) is 2. The van der Waals surface area contributed by atoms with Crippen LogP contribution < -0.4 is 14.8 Å². The number of anilines is 1. The maximum absolute atomic E-state index is 13.1. The largest absolute Gasteiger partial charge is 0.484 e. The van der Waals surface area contributed by atoms with Gasteiger partial charge in [0.2, 0.25) is 0 Å². The van der Waals surface area contributed by atoms with E-state index in [2.05, 4.69) is 5.32 Å². The Labute approximate surface area is 155 Å². The Morgan fingerprint density at radius 3 is 2.27 bits per heavy atom. The van der Waals surface area contributed by atoms with Gasteiger partial charge in [-0.2, -0.15) is 0 Å². The fraction of sp³-hybridized carbons (Fsp3) is 0.222. The molecule has 0 atom stereocenters. The maximum atomic E-state index is 13.1. The summed E-state index contributed by atoms with van der Waals surface area (Å²) in [7, 11) is 3.29. The molecule has 2 amide bonds. The Balaban J connectivity index is 1.81. The molecule has 0 aromatic heterocycles. The van der Waals surface area contributed by atoms with Gasteiger partial charge in [0.1, 0.15) is 17.3 Å². The lowest BCUT2D eigenvalue weighted by atomic mass is 10.3. The van der Waals surface area contributed by atoms with E-state index in [1.54, 1.807) is 38.4 Å². The average molecular weight is 381 g/mol. The zero-order chi connectivity index (χ0) is 19.1. The number of nitrogens with zero attached hydrogens (tertiary/aromatic N) is 1. The third-order valence-corrected chi connectivity index (χ3v) is 3.55. The molecular formula is C18H18ClFN2O4. The molecule has 0 aliphatic heterocycles. The van der Waals surface area contributed by atoms with Crippen molar-refractivity contribution in [2.24, 2.45) is 0 Å². The van der Waals surface area contributed by atoms with Crippen molar-refractivity contribution in [3.8, 4) is 11.5 Å². The van der Waals surface area contributed by atoms with Crippen LogP contribution >= 0.6 is 11.6 Å². The first-order chi connectivity index (χ1) is 12.3. The molecule has 2 rings (SSSR count). The number of nitrogens with one attached hydrogen (secondary N) is 1. The molecule has 26 heavy (non-hydrogen) atoms. The van der Waals surface area contributed by atoms with Crippen LogP contribution in [-0.2, 0) is 9.59 Å². The molecule has 1 N–H and O–H groups in total. The summed E-state index contributed by atoms with van der Waals surface area (Å²) in [5, 5.41) is 2.57. The van der Waals surface area contributed by atoms with Crippen LogP contribution in [0.3, 0.4) is 0 Å². The minimum absolute atomic E-state index is 0.0627. The van der Waals surface area contributed by atoms with Crippen LogP contribution in [0.15, 0.2) is 42.5 Å².